The summed E-state index contributed by atoms with van der Waals surface area (Å²) in [6.07, 6.45) is 4.02. The second-order valence-corrected chi connectivity index (χ2v) is 12.2. The summed E-state index contributed by atoms with van der Waals surface area (Å²) in [6, 6.07) is 1.02. The fraction of sp³-hybridized carbons (Fsp3) is 0.741. The van der Waals surface area contributed by atoms with Gasteiger partial charge in [-0.15, -0.1) is 0 Å². The van der Waals surface area contributed by atoms with Gasteiger partial charge in [0, 0.05) is 36.9 Å². The Morgan fingerprint density at radius 2 is 2.00 bits per heavy atom. The van der Waals surface area contributed by atoms with Crippen LogP contribution in [0.1, 0.15) is 62.1 Å². The zero-order valence-electron chi connectivity index (χ0n) is 22.4. The van der Waals surface area contributed by atoms with Crippen LogP contribution in [0.15, 0.2) is 23.3 Å². The molecule has 4 aliphatic rings. The summed E-state index contributed by atoms with van der Waals surface area (Å²) in [7, 11) is 2.07. The molecule has 4 unspecified atom stereocenters. The highest BCUT2D eigenvalue weighted by Crippen LogP contribution is 2.49. The predicted octanol–water partition coefficient (Wildman–Crippen LogP) is 2.54. The Balaban J connectivity index is 1.29. The molecule has 3 N–H and O–H groups in total. The number of halogens is 3. The van der Waals surface area contributed by atoms with Crippen LogP contribution in [0.3, 0.4) is 0 Å². The number of aromatic nitrogens is 2. The second kappa shape index (κ2) is 10.5. The summed E-state index contributed by atoms with van der Waals surface area (Å²) in [5.74, 6) is 0.332. The van der Waals surface area contributed by atoms with Crippen molar-refractivity contribution in [3.05, 3.63) is 40.1 Å². The number of hydrogen-bond acceptors (Lipinski definition) is 7. The van der Waals surface area contributed by atoms with E-state index in [4.69, 9.17) is 4.74 Å². The van der Waals surface area contributed by atoms with E-state index < -0.39 is 23.5 Å². The minimum absolute atomic E-state index is 0.00267. The summed E-state index contributed by atoms with van der Waals surface area (Å²) >= 11 is 0. The highest BCUT2D eigenvalue weighted by Gasteiger charge is 2.49. The maximum absolute atomic E-state index is 14.2. The van der Waals surface area contributed by atoms with E-state index >= 15 is 0 Å². The third kappa shape index (κ3) is 5.27. The molecule has 0 radical (unpaired) electrons. The first-order valence-electron chi connectivity index (χ1n) is 14.1. The lowest BCUT2D eigenvalue weighted by Crippen LogP contribution is -2.54. The number of aliphatic hydroxyl groups is 1. The van der Waals surface area contributed by atoms with E-state index in [2.05, 4.69) is 22.8 Å². The number of nitrogens with zero attached hydrogens (tertiary/aromatic N) is 4. The molecule has 9 nitrogen and oxygen atoms in total. The van der Waals surface area contributed by atoms with Crippen LogP contribution in [0.4, 0.5) is 13.2 Å². The largest absolute Gasteiger partial charge is 0.418 e. The number of imidazole rings is 1. The average molecular weight is 553 g/mol. The van der Waals surface area contributed by atoms with Gasteiger partial charge in [0.05, 0.1) is 43.2 Å². The van der Waals surface area contributed by atoms with Crippen LogP contribution >= 0.6 is 0 Å². The fourth-order valence-electron chi connectivity index (χ4n) is 7.23. The van der Waals surface area contributed by atoms with E-state index in [-0.39, 0.29) is 29.7 Å². The van der Waals surface area contributed by atoms with Gasteiger partial charge >= 0.3 is 11.9 Å². The fourth-order valence-corrected chi connectivity index (χ4v) is 7.23. The van der Waals surface area contributed by atoms with Gasteiger partial charge in [0.1, 0.15) is 0 Å². The number of pyridine rings is 1. The maximum atomic E-state index is 14.2. The molecule has 1 saturated carbocycles. The first kappa shape index (κ1) is 27.2. The Labute approximate surface area is 225 Å². The van der Waals surface area contributed by atoms with Gasteiger partial charge in [-0.05, 0) is 69.7 Å². The molecule has 39 heavy (non-hydrogen) atoms. The zero-order valence-corrected chi connectivity index (χ0v) is 22.4. The quantitative estimate of drug-likeness (QED) is 0.508. The van der Waals surface area contributed by atoms with Crippen molar-refractivity contribution in [2.75, 3.05) is 40.0 Å². The lowest BCUT2D eigenvalue weighted by atomic mass is 9.64. The molecule has 6 rings (SSSR count). The van der Waals surface area contributed by atoms with Gasteiger partial charge in [0.25, 0.3) is 0 Å². The lowest BCUT2D eigenvalue weighted by Gasteiger charge is -2.51. The first-order chi connectivity index (χ1) is 18.6. The van der Waals surface area contributed by atoms with E-state index in [0.29, 0.717) is 44.2 Å². The lowest BCUT2D eigenvalue weighted by molar-refractivity contribution is -0.167. The molecule has 0 bridgehead atoms. The highest BCUT2D eigenvalue weighted by molar-refractivity contribution is 5.56. The van der Waals surface area contributed by atoms with Gasteiger partial charge in [-0.3, -0.25) is 18.8 Å². The van der Waals surface area contributed by atoms with Gasteiger partial charge < -0.3 is 9.84 Å². The zero-order chi connectivity index (χ0) is 27.4. The topological polar surface area (TPSA) is 86.4 Å². The van der Waals surface area contributed by atoms with Crippen LogP contribution in [-0.2, 0) is 17.5 Å². The minimum Gasteiger partial charge on any atom is -0.392 e. The average Bonchev–Trinajstić information content (AvgIpc) is 3.43. The molecule has 0 amide bonds. The Morgan fingerprint density at radius 1 is 1.18 bits per heavy atom. The van der Waals surface area contributed by atoms with Crippen molar-refractivity contribution >= 4 is 5.52 Å². The molecule has 12 heteroatoms. The van der Waals surface area contributed by atoms with E-state index in [1.807, 2.05) is 4.90 Å². The third-order valence-corrected chi connectivity index (χ3v) is 9.45. The van der Waals surface area contributed by atoms with Gasteiger partial charge in [0.2, 0.25) is 0 Å². The monoisotopic (exact) mass is 552 g/mol. The van der Waals surface area contributed by atoms with Crippen LogP contribution in [0.2, 0.25) is 0 Å². The van der Waals surface area contributed by atoms with Crippen molar-refractivity contribution in [3.63, 3.8) is 0 Å². The molecular formula is C27H39F3N6O3. The molecule has 4 fully saturated rings. The molecule has 5 heterocycles. The summed E-state index contributed by atoms with van der Waals surface area (Å²) in [5.41, 5.74) is 5.65. The van der Waals surface area contributed by atoms with Crippen molar-refractivity contribution in [1.29, 1.82) is 0 Å². The number of fused-ring (bicyclic) bond motifs is 1. The number of aliphatic hydroxyl groups excluding tert-OH is 1. The maximum Gasteiger partial charge on any atom is 0.418 e. The van der Waals surface area contributed by atoms with Crippen LogP contribution in [-0.4, -0.2) is 76.2 Å². The SMILES string of the molecule is CN1CNNC1CC1(C2CCCC(n3cc4c(C(F)(F)F)cc(CN5CCCC(O)C5)cn4c3=O)C2)COC1. The van der Waals surface area contributed by atoms with Crippen molar-refractivity contribution < 1.29 is 23.0 Å². The third-order valence-electron chi connectivity index (χ3n) is 9.45. The Bertz CT molecular complexity index is 1240. The summed E-state index contributed by atoms with van der Waals surface area (Å²) in [6.45, 7) is 3.52. The Kier molecular flexibility index (Phi) is 7.30. The molecule has 2 aromatic heterocycles. The summed E-state index contributed by atoms with van der Waals surface area (Å²) in [4.78, 5) is 17.8. The smallest absolute Gasteiger partial charge is 0.392 e. The van der Waals surface area contributed by atoms with Gasteiger partial charge in [-0.1, -0.05) is 6.42 Å². The number of hydrazine groups is 1. The molecule has 3 aliphatic heterocycles. The number of ether oxygens (including phenoxy) is 1. The van der Waals surface area contributed by atoms with Crippen molar-refractivity contribution in [2.45, 2.75) is 76.0 Å². The molecule has 4 atom stereocenters. The first-order valence-corrected chi connectivity index (χ1v) is 14.1. The van der Waals surface area contributed by atoms with Crippen molar-refractivity contribution in [2.24, 2.45) is 11.3 Å². The van der Waals surface area contributed by atoms with Crippen molar-refractivity contribution in [3.8, 4) is 0 Å². The Morgan fingerprint density at radius 3 is 2.67 bits per heavy atom. The molecule has 0 aromatic carbocycles. The molecule has 2 aromatic rings. The molecule has 216 valence electrons. The number of alkyl halides is 3. The van der Waals surface area contributed by atoms with Crippen LogP contribution in [0.5, 0.6) is 0 Å². The van der Waals surface area contributed by atoms with E-state index in [0.717, 1.165) is 45.2 Å². The summed E-state index contributed by atoms with van der Waals surface area (Å²) < 4.78 is 51.1. The van der Waals surface area contributed by atoms with Crippen LogP contribution in [0, 0.1) is 11.3 Å². The highest BCUT2D eigenvalue weighted by atomic mass is 19.4. The molecule has 1 aliphatic carbocycles. The minimum atomic E-state index is -4.59. The van der Waals surface area contributed by atoms with E-state index in [1.165, 1.54) is 16.7 Å². The van der Waals surface area contributed by atoms with Crippen LogP contribution in [0.25, 0.3) is 5.52 Å². The number of rotatable bonds is 6. The normalized spacial score (nSPS) is 30.6. The Hall–Kier alpha value is -1.96. The summed E-state index contributed by atoms with van der Waals surface area (Å²) in [5, 5.41) is 10.0. The number of piperidine rings is 1. The van der Waals surface area contributed by atoms with Crippen LogP contribution < -0.4 is 16.5 Å². The molecule has 3 saturated heterocycles. The predicted molar refractivity (Wildman–Crippen MR) is 139 cm³/mol. The second-order valence-electron chi connectivity index (χ2n) is 12.2. The van der Waals surface area contributed by atoms with Gasteiger partial charge in [-0.25, -0.2) is 15.6 Å². The number of likely N-dealkylation sites (tertiary alicyclic amines) is 1. The molecular weight excluding hydrogens is 513 g/mol. The van der Waals surface area contributed by atoms with Gasteiger partial charge in [-0.2, -0.15) is 13.2 Å². The molecule has 0 spiro atoms. The van der Waals surface area contributed by atoms with E-state index in [1.54, 1.807) is 10.8 Å². The standard InChI is InChI=1S/C27H39F3N6O3/c1-33-17-31-32-24(33)10-26(15-39-16-26)19-4-2-5-20(9-19)35-14-23-22(27(28,29)30)8-18(12-36(23)25(35)38)11-34-7-3-6-21(37)13-34/h8,12,14,19-21,24,31-32,37H,2-7,9-11,13,15-17H2,1H3. The number of hydrogen-bond donors (Lipinski definition) is 3. The van der Waals surface area contributed by atoms with Gasteiger partial charge in [0.15, 0.2) is 0 Å². The number of nitrogens with one attached hydrogen (secondary N) is 2. The van der Waals surface area contributed by atoms with Crippen molar-refractivity contribution in [1.82, 2.24) is 29.6 Å². The van der Waals surface area contributed by atoms with E-state index in [9.17, 15) is 23.1 Å². The number of β-amino-alcohol motifs (C(OH)–C–C–N with tert-alkyl or cyclic N) is 1.